The fraction of sp³-hybridized carbons (Fsp3) is 0.533. The van der Waals surface area contributed by atoms with Crippen LogP contribution in [-0.4, -0.2) is 35.1 Å². The van der Waals surface area contributed by atoms with Crippen molar-refractivity contribution in [2.75, 3.05) is 13.2 Å². The van der Waals surface area contributed by atoms with Gasteiger partial charge in [0, 0.05) is 23.0 Å². The summed E-state index contributed by atoms with van der Waals surface area (Å²) in [6.45, 7) is 1.48. The van der Waals surface area contributed by atoms with Gasteiger partial charge in [0.05, 0.1) is 18.3 Å². The smallest absolute Gasteiger partial charge is 0.423 e. The van der Waals surface area contributed by atoms with Crippen LogP contribution in [0.2, 0.25) is 0 Å². The minimum atomic E-state index is -3.11. The molecule has 1 fully saturated rings. The highest BCUT2D eigenvalue weighted by Gasteiger charge is 2.45. The van der Waals surface area contributed by atoms with Crippen LogP contribution in [0.3, 0.4) is 0 Å². The quantitative estimate of drug-likeness (QED) is 0.814. The molecule has 2 aliphatic heterocycles. The molecule has 4 rings (SSSR count). The van der Waals surface area contributed by atoms with Crippen molar-refractivity contribution in [3.05, 3.63) is 23.4 Å². The molecule has 3 heterocycles. The summed E-state index contributed by atoms with van der Waals surface area (Å²) in [6.07, 6.45) is 4.21. The summed E-state index contributed by atoms with van der Waals surface area (Å²) in [6, 6.07) is 1.70. The topological polar surface area (TPSA) is 56.5 Å². The second-order valence-corrected chi connectivity index (χ2v) is 6.19. The van der Waals surface area contributed by atoms with Crippen molar-refractivity contribution in [3.63, 3.8) is 0 Å². The number of ether oxygens (including phenoxy) is 1. The van der Waals surface area contributed by atoms with Crippen molar-refractivity contribution >= 4 is 23.5 Å². The first-order chi connectivity index (χ1) is 11.0. The number of aromatic nitrogens is 2. The third-order valence-electron chi connectivity index (χ3n) is 4.60. The largest absolute Gasteiger partial charge is 0.492 e. The van der Waals surface area contributed by atoms with E-state index in [2.05, 4.69) is 5.10 Å². The van der Waals surface area contributed by atoms with Gasteiger partial charge < -0.3 is 14.4 Å². The molecule has 122 valence electrons. The Labute approximate surface area is 132 Å². The Kier molecular flexibility index (Phi) is 3.44. The number of aryl methyl sites for hydroxylation is 1. The molecular formula is C15H17BF2N2O3. The molecule has 8 heteroatoms. The highest BCUT2D eigenvalue weighted by atomic mass is 19.3. The van der Waals surface area contributed by atoms with Crippen LogP contribution in [0, 0.1) is 6.92 Å². The SMILES string of the molecule is Cc1cc2c(cnn2C2CCCCO2)c2c1C(F)(F)COB2O. The van der Waals surface area contributed by atoms with E-state index in [4.69, 9.17) is 9.39 Å². The Hall–Kier alpha value is -1.51. The van der Waals surface area contributed by atoms with E-state index in [1.54, 1.807) is 17.7 Å². The Balaban J connectivity index is 1.93. The van der Waals surface area contributed by atoms with Crippen LogP contribution in [0.1, 0.15) is 36.6 Å². The molecule has 1 aromatic carbocycles. The van der Waals surface area contributed by atoms with E-state index >= 15 is 0 Å². The summed E-state index contributed by atoms with van der Waals surface area (Å²) in [4.78, 5) is 0. The Morgan fingerprint density at radius 2 is 2.26 bits per heavy atom. The van der Waals surface area contributed by atoms with E-state index in [0.717, 1.165) is 19.3 Å². The summed E-state index contributed by atoms with van der Waals surface area (Å²) in [5, 5.41) is 14.9. The summed E-state index contributed by atoms with van der Waals surface area (Å²) < 4.78 is 40.8. The van der Waals surface area contributed by atoms with Crippen LogP contribution < -0.4 is 5.46 Å². The minimum absolute atomic E-state index is 0.123. The highest BCUT2D eigenvalue weighted by Crippen LogP contribution is 2.36. The van der Waals surface area contributed by atoms with Gasteiger partial charge in [0.1, 0.15) is 0 Å². The second kappa shape index (κ2) is 5.26. The lowest BCUT2D eigenvalue weighted by atomic mass is 9.69. The average Bonchev–Trinajstić information content (AvgIpc) is 2.94. The molecule has 0 bridgehead atoms. The maximum absolute atomic E-state index is 14.2. The maximum atomic E-state index is 14.2. The zero-order chi connectivity index (χ0) is 16.2. The van der Waals surface area contributed by atoms with E-state index < -0.39 is 19.6 Å². The zero-order valence-corrected chi connectivity index (χ0v) is 12.8. The summed E-state index contributed by atoms with van der Waals surface area (Å²) in [5.74, 6) is -3.11. The van der Waals surface area contributed by atoms with Crippen LogP contribution in [0.5, 0.6) is 0 Å². The van der Waals surface area contributed by atoms with Gasteiger partial charge in [-0.3, -0.25) is 0 Å². The molecule has 2 aliphatic rings. The van der Waals surface area contributed by atoms with E-state index in [9.17, 15) is 13.8 Å². The first kappa shape index (κ1) is 15.0. The van der Waals surface area contributed by atoms with Gasteiger partial charge in [0.2, 0.25) is 0 Å². The highest BCUT2D eigenvalue weighted by molar-refractivity contribution is 6.64. The maximum Gasteiger partial charge on any atom is 0.492 e. The number of alkyl halides is 2. The molecule has 1 saturated heterocycles. The third kappa shape index (κ3) is 2.28. The Morgan fingerprint density at radius 1 is 1.43 bits per heavy atom. The average molecular weight is 322 g/mol. The molecule has 0 aliphatic carbocycles. The van der Waals surface area contributed by atoms with Crippen LogP contribution in [0.25, 0.3) is 10.9 Å². The standard InChI is InChI=1S/C15H17BF2N2O3/c1-9-6-11-10(7-19-20(11)12-4-2-3-5-22-12)14-13(9)15(17,18)8-23-16(14)21/h6-7,12,21H,2-5,8H2,1H3. The lowest BCUT2D eigenvalue weighted by Crippen LogP contribution is -2.48. The summed E-state index contributed by atoms with van der Waals surface area (Å²) in [7, 11) is -1.36. The number of rotatable bonds is 1. The van der Waals surface area contributed by atoms with Crippen molar-refractivity contribution in [1.29, 1.82) is 0 Å². The molecular weight excluding hydrogens is 305 g/mol. The van der Waals surface area contributed by atoms with Gasteiger partial charge in [-0.15, -0.1) is 0 Å². The van der Waals surface area contributed by atoms with E-state index in [1.165, 1.54) is 6.20 Å². The minimum Gasteiger partial charge on any atom is -0.423 e. The van der Waals surface area contributed by atoms with Crippen LogP contribution in [-0.2, 0) is 15.3 Å². The predicted molar refractivity (Wildman–Crippen MR) is 80.8 cm³/mol. The first-order valence-electron chi connectivity index (χ1n) is 7.79. The third-order valence-corrected chi connectivity index (χ3v) is 4.60. The van der Waals surface area contributed by atoms with Crippen molar-refractivity contribution in [2.45, 2.75) is 38.3 Å². The molecule has 1 aromatic heterocycles. The van der Waals surface area contributed by atoms with Gasteiger partial charge in [0.15, 0.2) is 6.23 Å². The van der Waals surface area contributed by atoms with E-state index in [0.29, 0.717) is 23.1 Å². The number of halogens is 2. The molecule has 2 aromatic rings. The molecule has 0 spiro atoms. The Bertz CT molecular complexity index is 759. The number of hydrogen-bond donors (Lipinski definition) is 1. The first-order valence-corrected chi connectivity index (χ1v) is 7.79. The van der Waals surface area contributed by atoms with E-state index in [-0.39, 0.29) is 17.3 Å². The fourth-order valence-corrected chi connectivity index (χ4v) is 3.57. The van der Waals surface area contributed by atoms with Crippen LogP contribution >= 0.6 is 0 Å². The van der Waals surface area contributed by atoms with Gasteiger partial charge >= 0.3 is 7.12 Å². The second-order valence-electron chi connectivity index (χ2n) is 6.19. The number of benzene rings is 1. The lowest BCUT2D eigenvalue weighted by Gasteiger charge is -2.29. The lowest BCUT2D eigenvalue weighted by molar-refractivity contribution is -0.0565. The predicted octanol–water partition coefficient (Wildman–Crippen LogP) is 1.85. The fourth-order valence-electron chi connectivity index (χ4n) is 3.57. The Morgan fingerprint density at radius 3 is 3.00 bits per heavy atom. The number of hydrogen-bond acceptors (Lipinski definition) is 4. The van der Waals surface area contributed by atoms with Gasteiger partial charge in [-0.1, -0.05) is 0 Å². The van der Waals surface area contributed by atoms with Crippen LogP contribution in [0.4, 0.5) is 8.78 Å². The van der Waals surface area contributed by atoms with Crippen molar-refractivity contribution < 1.29 is 23.2 Å². The normalized spacial score (nSPS) is 24.0. The molecule has 23 heavy (non-hydrogen) atoms. The van der Waals surface area contributed by atoms with Crippen molar-refractivity contribution in [2.24, 2.45) is 0 Å². The van der Waals surface area contributed by atoms with Gasteiger partial charge in [-0.25, -0.2) is 4.68 Å². The summed E-state index contributed by atoms with van der Waals surface area (Å²) >= 11 is 0. The van der Waals surface area contributed by atoms with Crippen LogP contribution in [0.15, 0.2) is 12.3 Å². The number of fused-ring (bicyclic) bond motifs is 3. The molecule has 0 saturated carbocycles. The summed E-state index contributed by atoms with van der Waals surface area (Å²) in [5.41, 5.74) is 1.09. The molecule has 5 nitrogen and oxygen atoms in total. The molecule has 1 N–H and O–H groups in total. The monoisotopic (exact) mass is 322 g/mol. The van der Waals surface area contributed by atoms with Gasteiger partial charge in [-0.2, -0.15) is 13.9 Å². The number of nitrogens with zero attached hydrogens (tertiary/aromatic N) is 2. The van der Waals surface area contributed by atoms with Crippen molar-refractivity contribution in [3.8, 4) is 0 Å². The van der Waals surface area contributed by atoms with Crippen molar-refractivity contribution in [1.82, 2.24) is 9.78 Å². The van der Waals surface area contributed by atoms with Gasteiger partial charge in [-0.05, 0) is 37.8 Å². The molecule has 0 amide bonds. The van der Waals surface area contributed by atoms with Gasteiger partial charge in [0.25, 0.3) is 5.92 Å². The zero-order valence-electron chi connectivity index (χ0n) is 12.8. The molecule has 0 radical (unpaired) electrons. The molecule has 1 unspecified atom stereocenters. The van der Waals surface area contributed by atoms with E-state index in [1.807, 2.05) is 0 Å². The molecule has 1 atom stereocenters.